The lowest BCUT2D eigenvalue weighted by Gasteiger charge is -2.18. The van der Waals surface area contributed by atoms with Crippen molar-refractivity contribution < 1.29 is 28.6 Å². The average Bonchev–Trinajstić information content (AvgIpc) is 3.34. The molecule has 0 amide bonds. The molecule has 0 aromatic heterocycles. The summed E-state index contributed by atoms with van der Waals surface area (Å²) in [7, 11) is 0. The number of hydrogen-bond donors (Lipinski definition) is 0. The summed E-state index contributed by atoms with van der Waals surface area (Å²) in [5, 5.41) is 0. The first-order valence-electron chi connectivity index (χ1n) is 27.9. The molecule has 68 heavy (non-hydrogen) atoms. The van der Waals surface area contributed by atoms with Crippen molar-refractivity contribution in [1.82, 2.24) is 0 Å². The molecule has 1 atom stereocenters. The Balaban J connectivity index is 4.43. The Morgan fingerprint density at radius 2 is 0.603 bits per heavy atom. The quantitative estimate of drug-likeness (QED) is 0.0199. The zero-order valence-electron chi connectivity index (χ0n) is 44.1. The average molecular weight is 943 g/mol. The van der Waals surface area contributed by atoms with Crippen molar-refractivity contribution in [3.05, 3.63) is 109 Å². The summed E-state index contributed by atoms with van der Waals surface area (Å²) in [5.74, 6) is -0.922. The van der Waals surface area contributed by atoms with E-state index >= 15 is 0 Å². The van der Waals surface area contributed by atoms with Gasteiger partial charge in [0.1, 0.15) is 13.2 Å². The van der Waals surface area contributed by atoms with Crippen molar-refractivity contribution >= 4 is 17.9 Å². The molecule has 386 valence electrons. The minimum absolute atomic E-state index is 0.0918. The molecule has 0 heterocycles. The molecule has 0 rings (SSSR count). The fourth-order valence-electron chi connectivity index (χ4n) is 7.47. The second-order valence-corrected chi connectivity index (χ2v) is 18.1. The van der Waals surface area contributed by atoms with Crippen LogP contribution in [0, 0.1) is 0 Å². The van der Waals surface area contributed by atoms with Crippen molar-refractivity contribution in [2.75, 3.05) is 13.2 Å². The molecule has 0 aromatic rings. The highest BCUT2D eigenvalue weighted by Gasteiger charge is 2.19. The van der Waals surface area contributed by atoms with Gasteiger partial charge in [0.2, 0.25) is 0 Å². The first-order chi connectivity index (χ1) is 33.5. The van der Waals surface area contributed by atoms with Crippen molar-refractivity contribution in [1.29, 1.82) is 0 Å². The number of carbonyl (C=O) groups is 3. The lowest BCUT2D eigenvalue weighted by molar-refractivity contribution is -0.167. The van der Waals surface area contributed by atoms with Gasteiger partial charge in [-0.2, -0.15) is 0 Å². The van der Waals surface area contributed by atoms with Gasteiger partial charge in [-0.25, -0.2) is 0 Å². The topological polar surface area (TPSA) is 78.9 Å². The van der Waals surface area contributed by atoms with Gasteiger partial charge in [-0.15, -0.1) is 0 Å². The van der Waals surface area contributed by atoms with E-state index in [1.165, 1.54) is 83.5 Å². The molecule has 0 radical (unpaired) electrons. The summed E-state index contributed by atoms with van der Waals surface area (Å²) in [4.78, 5) is 38.2. The van der Waals surface area contributed by atoms with Crippen LogP contribution in [0.1, 0.15) is 245 Å². The van der Waals surface area contributed by atoms with Crippen LogP contribution in [0.25, 0.3) is 0 Å². The first-order valence-corrected chi connectivity index (χ1v) is 27.9. The standard InChI is InChI=1S/C62H102O6/c1-4-7-10-13-16-19-22-25-28-30-31-32-35-37-40-43-46-49-52-55-61(64)67-58-59(57-66-60(63)54-51-48-45-42-39-36-33-27-24-21-18-15-12-9-6-3)68-62(65)56-53-50-47-44-41-38-34-29-26-23-20-17-14-11-8-5-2/h7-12,15-21,24-26,28-29,59H,4-6,13-14,22-23,27,30-58H2,1-3H3/b10-7-,11-8-,12-9-,18-15-,19-16-,20-17-,24-21-,28-25-,29-26-. The van der Waals surface area contributed by atoms with E-state index in [4.69, 9.17) is 14.2 Å². The third-order valence-corrected chi connectivity index (χ3v) is 11.6. The Labute approximate surface area is 419 Å². The molecule has 0 N–H and O–H groups in total. The molecular weight excluding hydrogens is 841 g/mol. The zero-order valence-corrected chi connectivity index (χ0v) is 44.1. The number of carbonyl (C=O) groups excluding carboxylic acids is 3. The van der Waals surface area contributed by atoms with Gasteiger partial charge in [-0.1, -0.05) is 233 Å². The molecule has 0 fully saturated rings. The maximum absolute atomic E-state index is 12.8. The summed E-state index contributed by atoms with van der Waals surface area (Å²) in [6.45, 7) is 6.27. The largest absolute Gasteiger partial charge is 0.462 e. The molecule has 6 nitrogen and oxygen atoms in total. The zero-order chi connectivity index (χ0) is 49.3. The Bertz CT molecular complexity index is 1410. The Morgan fingerprint density at radius 1 is 0.309 bits per heavy atom. The highest BCUT2D eigenvalue weighted by atomic mass is 16.6. The van der Waals surface area contributed by atoms with E-state index in [1.807, 2.05) is 0 Å². The van der Waals surface area contributed by atoms with Crippen LogP contribution < -0.4 is 0 Å². The van der Waals surface area contributed by atoms with Crippen LogP contribution in [0.5, 0.6) is 0 Å². The second-order valence-electron chi connectivity index (χ2n) is 18.1. The van der Waals surface area contributed by atoms with E-state index in [9.17, 15) is 14.4 Å². The molecule has 0 saturated carbocycles. The van der Waals surface area contributed by atoms with Crippen LogP contribution in [0.3, 0.4) is 0 Å². The molecule has 0 aliphatic rings. The van der Waals surface area contributed by atoms with Gasteiger partial charge in [-0.05, 0) is 103 Å². The normalized spacial score (nSPS) is 12.9. The molecule has 0 saturated heterocycles. The molecule has 0 aromatic carbocycles. The van der Waals surface area contributed by atoms with Gasteiger partial charge in [0.15, 0.2) is 6.10 Å². The van der Waals surface area contributed by atoms with E-state index < -0.39 is 6.10 Å². The van der Waals surface area contributed by atoms with Crippen molar-refractivity contribution in [2.24, 2.45) is 0 Å². The Morgan fingerprint density at radius 3 is 0.985 bits per heavy atom. The van der Waals surface area contributed by atoms with Gasteiger partial charge >= 0.3 is 17.9 Å². The maximum Gasteiger partial charge on any atom is 0.306 e. The monoisotopic (exact) mass is 943 g/mol. The molecule has 1 unspecified atom stereocenters. The predicted molar refractivity (Wildman–Crippen MR) is 293 cm³/mol. The maximum atomic E-state index is 12.8. The van der Waals surface area contributed by atoms with E-state index in [0.29, 0.717) is 19.3 Å². The van der Waals surface area contributed by atoms with E-state index in [1.54, 1.807) is 0 Å². The fourth-order valence-corrected chi connectivity index (χ4v) is 7.47. The lowest BCUT2D eigenvalue weighted by Crippen LogP contribution is -2.30. The predicted octanol–water partition coefficient (Wildman–Crippen LogP) is 18.7. The number of hydrogen-bond acceptors (Lipinski definition) is 6. The Kier molecular flexibility index (Phi) is 52.4. The van der Waals surface area contributed by atoms with Crippen molar-refractivity contribution in [3.63, 3.8) is 0 Å². The summed E-state index contributed by atoms with van der Waals surface area (Å²) < 4.78 is 16.8. The van der Waals surface area contributed by atoms with Crippen LogP contribution in [0.2, 0.25) is 0 Å². The van der Waals surface area contributed by atoms with Crippen molar-refractivity contribution in [2.45, 2.75) is 252 Å². The smallest absolute Gasteiger partial charge is 0.306 e. The molecule has 0 aliphatic heterocycles. The fraction of sp³-hybridized carbons (Fsp3) is 0.661. The number of ether oxygens (including phenoxy) is 3. The molecule has 6 heteroatoms. The minimum Gasteiger partial charge on any atom is -0.462 e. The highest BCUT2D eigenvalue weighted by molar-refractivity contribution is 5.71. The van der Waals surface area contributed by atoms with E-state index in [-0.39, 0.29) is 31.1 Å². The highest BCUT2D eigenvalue weighted by Crippen LogP contribution is 2.15. The van der Waals surface area contributed by atoms with Gasteiger partial charge in [0.05, 0.1) is 0 Å². The molecule has 0 spiro atoms. The van der Waals surface area contributed by atoms with Crippen molar-refractivity contribution in [3.8, 4) is 0 Å². The summed E-state index contributed by atoms with van der Waals surface area (Å²) >= 11 is 0. The third-order valence-electron chi connectivity index (χ3n) is 11.6. The number of rotatable bonds is 49. The van der Waals surface area contributed by atoms with E-state index in [2.05, 4.69) is 130 Å². The van der Waals surface area contributed by atoms with Crippen LogP contribution in [0.15, 0.2) is 109 Å². The van der Waals surface area contributed by atoms with Crippen LogP contribution in [-0.4, -0.2) is 37.2 Å². The second kappa shape index (κ2) is 55.7. The van der Waals surface area contributed by atoms with Gasteiger partial charge in [0.25, 0.3) is 0 Å². The van der Waals surface area contributed by atoms with E-state index in [0.717, 1.165) is 122 Å². The Hall–Kier alpha value is -3.93. The minimum atomic E-state index is -0.795. The summed E-state index contributed by atoms with van der Waals surface area (Å²) in [6.07, 6.45) is 75.0. The van der Waals surface area contributed by atoms with Gasteiger partial charge in [0, 0.05) is 19.3 Å². The SMILES string of the molecule is CC\C=C/C=C\C=C/CCCCCCCCCC(=O)OCC(COC(=O)CCCCCCCCCCC/C=C\C/C=C\C/C=C\CC)OC(=O)CCCCCCCC/C=C\C/C=C\C/C=C\CC. The molecular formula is C62H102O6. The third kappa shape index (κ3) is 53.0. The van der Waals surface area contributed by atoms with Crippen LogP contribution >= 0.6 is 0 Å². The van der Waals surface area contributed by atoms with Crippen LogP contribution in [-0.2, 0) is 28.6 Å². The van der Waals surface area contributed by atoms with Crippen LogP contribution in [0.4, 0.5) is 0 Å². The van der Waals surface area contributed by atoms with Gasteiger partial charge < -0.3 is 14.2 Å². The summed E-state index contributed by atoms with van der Waals surface area (Å²) in [5.41, 5.74) is 0. The van der Waals surface area contributed by atoms with Gasteiger partial charge in [-0.3, -0.25) is 14.4 Å². The number of unbranched alkanes of at least 4 members (excludes halogenated alkanes) is 22. The summed E-state index contributed by atoms with van der Waals surface area (Å²) in [6, 6.07) is 0. The first kappa shape index (κ1) is 64.1. The lowest BCUT2D eigenvalue weighted by atomic mass is 10.1. The number of esters is 3. The number of allylic oxidation sites excluding steroid dienone is 18. The molecule has 0 aliphatic carbocycles. The molecule has 0 bridgehead atoms.